The van der Waals surface area contributed by atoms with Gasteiger partial charge in [0.2, 0.25) is 0 Å². The first kappa shape index (κ1) is 16.1. The largest absolute Gasteiger partial charge is 0.282 e. The SMILES string of the molecule is CN(C)S(=O)(=O)N1CCC[C@@H]1c1cccc(-c2ccnn2C)n1. The molecule has 3 heterocycles. The minimum Gasteiger partial charge on any atom is -0.266 e. The van der Waals surface area contributed by atoms with E-state index in [2.05, 4.69) is 5.10 Å². The monoisotopic (exact) mass is 335 g/mol. The van der Waals surface area contributed by atoms with Crippen LogP contribution in [0.25, 0.3) is 11.4 Å². The van der Waals surface area contributed by atoms with Crippen LogP contribution in [-0.4, -0.2) is 52.4 Å². The van der Waals surface area contributed by atoms with E-state index in [0.717, 1.165) is 29.9 Å². The molecule has 1 fully saturated rings. The van der Waals surface area contributed by atoms with Crippen LogP contribution in [0.2, 0.25) is 0 Å². The number of aromatic nitrogens is 3. The Morgan fingerprint density at radius 3 is 2.70 bits per heavy atom. The van der Waals surface area contributed by atoms with Crippen LogP contribution in [0.1, 0.15) is 24.6 Å². The molecule has 0 N–H and O–H groups in total. The van der Waals surface area contributed by atoms with Gasteiger partial charge < -0.3 is 0 Å². The molecule has 8 heteroatoms. The zero-order valence-corrected chi connectivity index (χ0v) is 14.4. The molecule has 1 aliphatic heterocycles. The van der Waals surface area contributed by atoms with Gasteiger partial charge in [0.05, 0.1) is 23.1 Å². The Kier molecular flexibility index (Phi) is 4.22. The highest BCUT2D eigenvalue weighted by Crippen LogP contribution is 2.34. The Morgan fingerprint density at radius 1 is 1.26 bits per heavy atom. The lowest BCUT2D eigenvalue weighted by atomic mass is 10.1. The topological polar surface area (TPSA) is 71.3 Å². The van der Waals surface area contributed by atoms with Gasteiger partial charge in [-0.25, -0.2) is 4.98 Å². The third-order valence-electron chi connectivity index (χ3n) is 4.16. The lowest BCUT2D eigenvalue weighted by Gasteiger charge is -2.26. The molecule has 0 amide bonds. The van der Waals surface area contributed by atoms with Crippen molar-refractivity contribution in [1.29, 1.82) is 0 Å². The number of hydrogen-bond donors (Lipinski definition) is 0. The quantitative estimate of drug-likeness (QED) is 0.847. The third kappa shape index (κ3) is 2.89. The van der Waals surface area contributed by atoms with E-state index in [0.29, 0.717) is 6.54 Å². The fourth-order valence-electron chi connectivity index (χ4n) is 2.93. The van der Waals surface area contributed by atoms with Crippen molar-refractivity contribution in [3.05, 3.63) is 36.2 Å². The lowest BCUT2D eigenvalue weighted by Crippen LogP contribution is -2.39. The summed E-state index contributed by atoms with van der Waals surface area (Å²) in [5.74, 6) is 0. The van der Waals surface area contributed by atoms with Gasteiger partial charge in [-0.1, -0.05) is 6.07 Å². The standard InChI is InChI=1S/C15H21N5O2S/c1-18(2)23(21,22)20-11-5-8-15(20)13-7-4-6-12(17-13)14-9-10-16-19(14)3/h4,6-7,9-10,15H,5,8,11H2,1-3H3/t15-/m1/s1. The average Bonchev–Trinajstić information content (AvgIpc) is 3.16. The molecular formula is C15H21N5O2S. The average molecular weight is 335 g/mol. The van der Waals surface area contributed by atoms with Gasteiger partial charge in [0.15, 0.2) is 0 Å². The van der Waals surface area contributed by atoms with Crippen molar-refractivity contribution < 1.29 is 8.42 Å². The predicted molar refractivity (Wildman–Crippen MR) is 87.7 cm³/mol. The molecule has 3 rings (SSSR count). The molecule has 0 radical (unpaired) electrons. The molecule has 0 aromatic carbocycles. The molecule has 1 saturated heterocycles. The molecule has 1 aliphatic rings. The van der Waals surface area contributed by atoms with Crippen molar-refractivity contribution in [3.63, 3.8) is 0 Å². The molecule has 1 atom stereocenters. The van der Waals surface area contributed by atoms with Gasteiger partial charge in [0.1, 0.15) is 0 Å². The summed E-state index contributed by atoms with van der Waals surface area (Å²) in [6.07, 6.45) is 3.35. The van der Waals surface area contributed by atoms with Crippen LogP contribution in [0.4, 0.5) is 0 Å². The fourth-order valence-corrected chi connectivity index (χ4v) is 4.24. The lowest BCUT2D eigenvalue weighted by molar-refractivity contribution is 0.358. The van der Waals surface area contributed by atoms with E-state index >= 15 is 0 Å². The second-order valence-corrected chi connectivity index (χ2v) is 7.94. The maximum absolute atomic E-state index is 12.5. The molecule has 124 valence electrons. The van der Waals surface area contributed by atoms with Gasteiger partial charge in [0, 0.05) is 33.9 Å². The van der Waals surface area contributed by atoms with E-state index in [9.17, 15) is 8.42 Å². The van der Waals surface area contributed by atoms with Gasteiger partial charge in [-0.3, -0.25) is 4.68 Å². The second-order valence-electron chi connectivity index (χ2n) is 5.85. The first-order valence-corrected chi connectivity index (χ1v) is 8.95. The highest BCUT2D eigenvalue weighted by Gasteiger charge is 2.37. The Morgan fingerprint density at radius 2 is 2.04 bits per heavy atom. The van der Waals surface area contributed by atoms with E-state index < -0.39 is 10.2 Å². The van der Waals surface area contributed by atoms with Crippen LogP contribution in [0.15, 0.2) is 30.5 Å². The van der Waals surface area contributed by atoms with Crippen LogP contribution in [-0.2, 0) is 17.3 Å². The maximum atomic E-state index is 12.5. The zero-order chi connectivity index (χ0) is 16.6. The molecule has 0 saturated carbocycles. The molecule has 0 aliphatic carbocycles. The molecular weight excluding hydrogens is 314 g/mol. The van der Waals surface area contributed by atoms with Crippen molar-refractivity contribution in [2.24, 2.45) is 7.05 Å². The summed E-state index contributed by atoms with van der Waals surface area (Å²) in [4.78, 5) is 4.70. The summed E-state index contributed by atoms with van der Waals surface area (Å²) in [5.41, 5.74) is 2.50. The van der Waals surface area contributed by atoms with Crippen molar-refractivity contribution in [2.75, 3.05) is 20.6 Å². The van der Waals surface area contributed by atoms with Crippen molar-refractivity contribution in [1.82, 2.24) is 23.4 Å². The van der Waals surface area contributed by atoms with Crippen LogP contribution in [0.5, 0.6) is 0 Å². The maximum Gasteiger partial charge on any atom is 0.282 e. The number of hydrogen-bond acceptors (Lipinski definition) is 4. The molecule has 0 unspecified atom stereocenters. The normalized spacial score (nSPS) is 19.6. The summed E-state index contributed by atoms with van der Waals surface area (Å²) >= 11 is 0. The van der Waals surface area contributed by atoms with Crippen molar-refractivity contribution >= 4 is 10.2 Å². The number of nitrogens with zero attached hydrogens (tertiary/aromatic N) is 5. The minimum atomic E-state index is -3.44. The van der Waals surface area contributed by atoms with Crippen molar-refractivity contribution in [2.45, 2.75) is 18.9 Å². The first-order chi connectivity index (χ1) is 10.9. The molecule has 0 spiro atoms. The Bertz CT molecular complexity index is 800. The Labute approximate surface area is 136 Å². The van der Waals surface area contributed by atoms with E-state index in [1.54, 1.807) is 29.3 Å². The smallest absolute Gasteiger partial charge is 0.266 e. The van der Waals surface area contributed by atoms with Gasteiger partial charge in [-0.2, -0.15) is 22.1 Å². The number of aryl methyl sites for hydroxylation is 1. The molecule has 7 nitrogen and oxygen atoms in total. The molecule has 2 aromatic rings. The third-order valence-corrected chi connectivity index (χ3v) is 6.11. The minimum absolute atomic E-state index is 0.212. The highest BCUT2D eigenvalue weighted by molar-refractivity contribution is 7.86. The summed E-state index contributed by atoms with van der Waals surface area (Å²) in [7, 11) is 1.54. The second kappa shape index (κ2) is 6.03. The number of pyridine rings is 1. The summed E-state index contributed by atoms with van der Waals surface area (Å²) < 4.78 is 29.6. The van der Waals surface area contributed by atoms with Crippen LogP contribution in [0.3, 0.4) is 0 Å². The van der Waals surface area contributed by atoms with Crippen LogP contribution >= 0.6 is 0 Å². The van der Waals surface area contributed by atoms with Crippen LogP contribution in [0, 0.1) is 0 Å². The molecule has 0 bridgehead atoms. The first-order valence-electron chi connectivity index (χ1n) is 7.56. The van der Waals surface area contributed by atoms with E-state index in [1.807, 2.05) is 31.3 Å². The fraction of sp³-hybridized carbons (Fsp3) is 0.467. The van der Waals surface area contributed by atoms with Gasteiger partial charge >= 0.3 is 0 Å². The van der Waals surface area contributed by atoms with E-state index in [-0.39, 0.29) is 6.04 Å². The summed E-state index contributed by atoms with van der Waals surface area (Å²) in [6, 6.07) is 7.42. The highest BCUT2D eigenvalue weighted by atomic mass is 32.2. The predicted octanol–water partition coefficient (Wildman–Crippen LogP) is 1.43. The van der Waals surface area contributed by atoms with Gasteiger partial charge in [-0.05, 0) is 31.0 Å². The zero-order valence-electron chi connectivity index (χ0n) is 13.5. The van der Waals surface area contributed by atoms with Crippen molar-refractivity contribution in [3.8, 4) is 11.4 Å². The van der Waals surface area contributed by atoms with Gasteiger partial charge in [-0.15, -0.1) is 0 Å². The van der Waals surface area contributed by atoms with Crippen LogP contribution < -0.4 is 0 Å². The summed E-state index contributed by atoms with van der Waals surface area (Å²) in [5, 5.41) is 4.16. The summed E-state index contributed by atoms with van der Waals surface area (Å²) in [6.45, 7) is 0.531. The molecule has 2 aromatic heterocycles. The Balaban J connectivity index is 1.97. The Hall–Kier alpha value is -1.77. The van der Waals surface area contributed by atoms with E-state index in [1.165, 1.54) is 4.31 Å². The van der Waals surface area contributed by atoms with Gasteiger partial charge in [0.25, 0.3) is 10.2 Å². The van der Waals surface area contributed by atoms with E-state index in [4.69, 9.17) is 4.98 Å². The molecule has 23 heavy (non-hydrogen) atoms. The number of rotatable bonds is 4.